The molecule has 2 heterocycles. The number of fused-ring (bicyclic) bond motifs is 1. The zero-order chi connectivity index (χ0) is 19.3. The number of anilines is 2. The number of hydrogen-bond acceptors (Lipinski definition) is 5. The third-order valence-corrected chi connectivity index (χ3v) is 4.13. The van der Waals surface area contributed by atoms with Crippen LogP contribution >= 0.6 is 0 Å². The zero-order valence-electron chi connectivity index (χ0n) is 14.8. The lowest BCUT2D eigenvalue weighted by molar-refractivity contribution is 0.101. The molecule has 28 heavy (non-hydrogen) atoms. The first-order valence-electron chi connectivity index (χ1n) is 8.71. The fourth-order valence-electron chi connectivity index (χ4n) is 2.77. The molecule has 3 aromatic rings. The van der Waals surface area contributed by atoms with Crippen molar-refractivity contribution in [1.29, 1.82) is 0 Å². The molecule has 2 N–H and O–H groups in total. The molecule has 0 saturated heterocycles. The Bertz CT molecular complexity index is 1020. The zero-order valence-corrected chi connectivity index (χ0v) is 14.8. The Kier molecular flexibility index (Phi) is 4.88. The number of ether oxygens (including phenoxy) is 2. The van der Waals surface area contributed by atoms with Crippen molar-refractivity contribution in [3.05, 3.63) is 78.1 Å². The highest BCUT2D eigenvalue weighted by molar-refractivity contribution is 6.06. The highest BCUT2D eigenvalue weighted by Crippen LogP contribution is 2.31. The normalized spacial score (nSPS) is 12.1. The summed E-state index contributed by atoms with van der Waals surface area (Å²) in [7, 11) is 0. The van der Waals surface area contributed by atoms with E-state index in [0.29, 0.717) is 47.2 Å². The van der Waals surface area contributed by atoms with Gasteiger partial charge in [-0.05, 0) is 48.5 Å². The van der Waals surface area contributed by atoms with Gasteiger partial charge in [0.2, 0.25) is 0 Å². The van der Waals surface area contributed by atoms with E-state index in [-0.39, 0.29) is 11.8 Å². The molecule has 0 spiro atoms. The maximum atomic E-state index is 12.6. The minimum Gasteiger partial charge on any atom is -0.486 e. The van der Waals surface area contributed by atoms with Crippen molar-refractivity contribution in [2.75, 3.05) is 23.8 Å². The molecule has 0 aliphatic carbocycles. The van der Waals surface area contributed by atoms with Crippen LogP contribution in [0.1, 0.15) is 20.7 Å². The van der Waals surface area contributed by atoms with Crippen molar-refractivity contribution < 1.29 is 19.1 Å². The van der Waals surface area contributed by atoms with Crippen LogP contribution in [0.5, 0.6) is 11.5 Å². The Labute approximate surface area is 161 Å². The molecule has 1 aromatic heterocycles. The molecule has 1 aliphatic heterocycles. The second-order valence-electron chi connectivity index (χ2n) is 6.08. The monoisotopic (exact) mass is 375 g/mol. The van der Waals surface area contributed by atoms with E-state index in [2.05, 4.69) is 15.6 Å². The van der Waals surface area contributed by atoms with Crippen molar-refractivity contribution in [3.63, 3.8) is 0 Å². The molecule has 2 amide bonds. The van der Waals surface area contributed by atoms with Crippen molar-refractivity contribution in [3.8, 4) is 11.5 Å². The van der Waals surface area contributed by atoms with Crippen LogP contribution in [0, 0.1) is 0 Å². The second-order valence-corrected chi connectivity index (χ2v) is 6.08. The smallest absolute Gasteiger partial charge is 0.255 e. The van der Waals surface area contributed by atoms with Gasteiger partial charge < -0.3 is 20.1 Å². The number of aromatic nitrogens is 1. The van der Waals surface area contributed by atoms with Gasteiger partial charge in [-0.25, -0.2) is 0 Å². The number of rotatable bonds is 4. The topological polar surface area (TPSA) is 89.6 Å². The number of carbonyl (C=O) groups excluding carboxylic acids is 2. The van der Waals surface area contributed by atoms with Gasteiger partial charge in [-0.1, -0.05) is 6.07 Å². The number of nitrogens with zero attached hydrogens (tertiary/aromatic N) is 1. The van der Waals surface area contributed by atoms with Gasteiger partial charge >= 0.3 is 0 Å². The summed E-state index contributed by atoms with van der Waals surface area (Å²) in [5.74, 6) is 0.646. The van der Waals surface area contributed by atoms with Crippen molar-refractivity contribution >= 4 is 23.2 Å². The van der Waals surface area contributed by atoms with E-state index in [4.69, 9.17) is 9.47 Å². The van der Waals surface area contributed by atoms with Crippen LogP contribution in [0.15, 0.2) is 67.0 Å². The lowest BCUT2D eigenvalue weighted by atomic mass is 10.1. The van der Waals surface area contributed by atoms with Gasteiger partial charge in [0, 0.05) is 34.9 Å². The van der Waals surface area contributed by atoms with Gasteiger partial charge in [-0.2, -0.15) is 0 Å². The molecular formula is C21H17N3O4. The van der Waals surface area contributed by atoms with E-state index in [0.717, 1.165) is 0 Å². The van der Waals surface area contributed by atoms with E-state index in [1.54, 1.807) is 67.0 Å². The Balaban J connectivity index is 1.46. The summed E-state index contributed by atoms with van der Waals surface area (Å²) < 4.78 is 11.0. The molecule has 7 nitrogen and oxygen atoms in total. The summed E-state index contributed by atoms with van der Waals surface area (Å²) in [6, 6.07) is 15.2. The number of nitrogens with one attached hydrogen (secondary N) is 2. The first-order chi connectivity index (χ1) is 13.7. The minimum atomic E-state index is -0.283. The van der Waals surface area contributed by atoms with Gasteiger partial charge in [0.25, 0.3) is 11.8 Å². The van der Waals surface area contributed by atoms with E-state index >= 15 is 0 Å². The van der Waals surface area contributed by atoms with Crippen molar-refractivity contribution in [2.24, 2.45) is 0 Å². The Morgan fingerprint density at radius 3 is 2.11 bits per heavy atom. The summed E-state index contributed by atoms with van der Waals surface area (Å²) in [6.45, 7) is 0.952. The predicted octanol–water partition coefficient (Wildman–Crippen LogP) is 3.36. The number of carbonyl (C=O) groups is 2. The molecule has 0 unspecified atom stereocenters. The summed E-state index contributed by atoms with van der Waals surface area (Å²) in [6.07, 6.45) is 3.11. The van der Waals surface area contributed by atoms with E-state index in [9.17, 15) is 9.59 Å². The van der Waals surface area contributed by atoms with Crippen LogP contribution in [0.2, 0.25) is 0 Å². The fraction of sp³-hybridized carbons (Fsp3) is 0.0952. The Hall–Kier alpha value is -3.87. The van der Waals surface area contributed by atoms with Gasteiger partial charge in [0.05, 0.1) is 0 Å². The minimum absolute atomic E-state index is 0.252. The Morgan fingerprint density at radius 1 is 0.750 bits per heavy atom. The van der Waals surface area contributed by atoms with E-state index < -0.39 is 0 Å². The Morgan fingerprint density at radius 2 is 1.39 bits per heavy atom. The molecule has 0 fully saturated rings. The number of benzene rings is 2. The maximum Gasteiger partial charge on any atom is 0.255 e. The van der Waals surface area contributed by atoms with Crippen LogP contribution in [0.25, 0.3) is 0 Å². The summed E-state index contributed by atoms with van der Waals surface area (Å²) in [5.41, 5.74) is 2.09. The quantitative estimate of drug-likeness (QED) is 0.730. The van der Waals surface area contributed by atoms with E-state index in [1.165, 1.54) is 0 Å². The first kappa shape index (κ1) is 17.5. The largest absolute Gasteiger partial charge is 0.486 e. The molecule has 0 radical (unpaired) electrons. The highest BCUT2D eigenvalue weighted by Gasteiger charge is 2.15. The summed E-state index contributed by atoms with van der Waals surface area (Å²) in [5, 5.41) is 5.62. The van der Waals surface area contributed by atoms with Crippen molar-refractivity contribution in [1.82, 2.24) is 4.98 Å². The van der Waals surface area contributed by atoms with Gasteiger partial charge in [0.15, 0.2) is 11.5 Å². The molecule has 2 aromatic carbocycles. The van der Waals surface area contributed by atoms with Crippen LogP contribution in [-0.2, 0) is 0 Å². The molecule has 1 aliphatic rings. The summed E-state index contributed by atoms with van der Waals surface area (Å²) >= 11 is 0. The maximum absolute atomic E-state index is 12.6. The molecule has 0 atom stereocenters. The number of amides is 2. The average molecular weight is 375 g/mol. The lowest BCUT2D eigenvalue weighted by Crippen LogP contribution is -2.17. The summed E-state index contributed by atoms with van der Waals surface area (Å²) in [4.78, 5) is 28.7. The standard InChI is InChI=1S/C21H17N3O4/c25-20(14-6-8-22-9-7-14)23-16-2-1-3-17(13-16)24-21(26)15-4-5-18-19(12-15)28-11-10-27-18/h1-9,12-13H,10-11H2,(H,23,25)(H,24,26). The second kappa shape index (κ2) is 7.79. The van der Waals surface area contributed by atoms with E-state index in [1.807, 2.05) is 0 Å². The molecule has 7 heteroatoms. The van der Waals surface area contributed by atoms with Crippen molar-refractivity contribution in [2.45, 2.75) is 0 Å². The fourth-order valence-corrected chi connectivity index (χ4v) is 2.77. The van der Waals surface area contributed by atoms with Crippen LogP contribution < -0.4 is 20.1 Å². The lowest BCUT2D eigenvalue weighted by Gasteiger charge is -2.18. The van der Waals surface area contributed by atoms with Crippen LogP contribution in [0.3, 0.4) is 0 Å². The molecule has 0 bridgehead atoms. The highest BCUT2D eigenvalue weighted by atomic mass is 16.6. The van der Waals surface area contributed by atoms with Crippen LogP contribution in [-0.4, -0.2) is 30.0 Å². The number of pyridine rings is 1. The number of hydrogen-bond donors (Lipinski definition) is 2. The average Bonchev–Trinajstić information content (AvgIpc) is 2.74. The molecular weight excluding hydrogens is 358 g/mol. The first-order valence-corrected chi connectivity index (χ1v) is 8.71. The van der Waals surface area contributed by atoms with Gasteiger partial charge in [0.1, 0.15) is 13.2 Å². The third kappa shape index (κ3) is 3.93. The van der Waals surface area contributed by atoms with Crippen LogP contribution in [0.4, 0.5) is 11.4 Å². The third-order valence-electron chi connectivity index (χ3n) is 4.13. The predicted molar refractivity (Wildman–Crippen MR) is 104 cm³/mol. The molecule has 140 valence electrons. The SMILES string of the molecule is O=C(Nc1cccc(NC(=O)c2ccc3c(c2)OCCO3)c1)c1ccncc1. The molecule has 4 rings (SSSR count). The van der Waals surface area contributed by atoms with Gasteiger partial charge in [-0.3, -0.25) is 14.6 Å². The van der Waals surface area contributed by atoms with Gasteiger partial charge in [-0.15, -0.1) is 0 Å². The molecule has 0 saturated carbocycles.